The molecule has 26 heavy (non-hydrogen) atoms. The third kappa shape index (κ3) is 4.82. The van der Waals surface area contributed by atoms with Crippen molar-refractivity contribution < 1.29 is 61.4 Å². The molecule has 1 rings (SSSR count). The van der Waals surface area contributed by atoms with Crippen molar-refractivity contribution in [3.63, 3.8) is 0 Å². The largest absolute Gasteiger partial charge is 0.490 e. The average molecular weight is 444 g/mol. The Morgan fingerprint density at radius 2 is 1.27 bits per heavy atom. The average Bonchev–Trinajstić information content (AvgIpc) is 2.39. The summed E-state index contributed by atoms with van der Waals surface area (Å²) in [6, 6.07) is 0. The van der Waals surface area contributed by atoms with Crippen LogP contribution in [0.1, 0.15) is 34.6 Å². The minimum Gasteiger partial charge on any atom is -0.384 e. The molecule has 1 aliphatic rings. The molecule has 6 N–H and O–H groups in total. The lowest BCUT2D eigenvalue weighted by Crippen LogP contribution is -2.62. The van der Waals surface area contributed by atoms with Crippen molar-refractivity contribution in [2.45, 2.75) is 57.0 Å². The SMILES string of the molecule is CC1(C)O[C@](C)(COP(=O)(O)OP(=O)(O)OP(=O)(O)O)C(C)(O)[C@@]1(C)O. The normalized spacial score (nSPS) is 39.3. The summed E-state index contributed by atoms with van der Waals surface area (Å²) in [5.41, 5.74) is -6.92. The Bertz CT molecular complexity index is 694. The van der Waals surface area contributed by atoms with E-state index in [4.69, 9.17) is 19.4 Å². The molecule has 0 aromatic rings. The van der Waals surface area contributed by atoms with Crippen LogP contribution in [0.25, 0.3) is 0 Å². The molecule has 0 amide bonds. The predicted octanol–water partition coefficient (Wildman–Crippen LogP) is 0.399. The molecule has 0 bridgehead atoms. The number of hydrogen-bond acceptors (Lipinski definition) is 9. The van der Waals surface area contributed by atoms with Gasteiger partial charge in [0.2, 0.25) is 0 Å². The van der Waals surface area contributed by atoms with E-state index in [1.165, 1.54) is 34.6 Å². The lowest BCUT2D eigenvalue weighted by atomic mass is 9.71. The van der Waals surface area contributed by atoms with Crippen LogP contribution in [0.5, 0.6) is 0 Å². The number of rotatable bonds is 7. The zero-order valence-electron chi connectivity index (χ0n) is 14.6. The van der Waals surface area contributed by atoms with Crippen molar-refractivity contribution in [3.05, 3.63) is 0 Å². The predicted molar refractivity (Wildman–Crippen MR) is 84.6 cm³/mol. The van der Waals surface area contributed by atoms with Gasteiger partial charge in [-0.05, 0) is 34.6 Å². The van der Waals surface area contributed by atoms with E-state index in [1.807, 2.05) is 0 Å². The number of aliphatic hydroxyl groups is 2. The van der Waals surface area contributed by atoms with Crippen LogP contribution in [0.4, 0.5) is 0 Å². The molecule has 0 saturated carbocycles. The first kappa shape index (κ1) is 24.3. The maximum atomic E-state index is 11.8. The Morgan fingerprint density at radius 3 is 1.62 bits per heavy atom. The maximum absolute atomic E-state index is 11.8. The Balaban J connectivity index is 2.96. The van der Waals surface area contributed by atoms with E-state index in [9.17, 15) is 28.8 Å². The highest BCUT2D eigenvalue weighted by Gasteiger charge is 2.70. The van der Waals surface area contributed by atoms with Gasteiger partial charge in [0.1, 0.15) is 16.8 Å². The lowest BCUT2D eigenvalue weighted by Gasteiger charge is -2.41. The van der Waals surface area contributed by atoms with Crippen LogP contribution >= 0.6 is 23.5 Å². The van der Waals surface area contributed by atoms with Gasteiger partial charge in [-0.25, -0.2) is 13.7 Å². The zero-order chi connectivity index (χ0) is 21.0. The molecule has 0 aromatic heterocycles. The summed E-state index contributed by atoms with van der Waals surface area (Å²) in [5.74, 6) is 0. The van der Waals surface area contributed by atoms with E-state index in [1.54, 1.807) is 0 Å². The van der Waals surface area contributed by atoms with Crippen LogP contribution in [-0.2, 0) is 31.6 Å². The molecule has 0 aromatic carbocycles. The maximum Gasteiger partial charge on any atom is 0.490 e. The molecule has 16 heteroatoms. The van der Waals surface area contributed by atoms with Gasteiger partial charge in [-0.1, -0.05) is 0 Å². The molecule has 0 radical (unpaired) electrons. The van der Waals surface area contributed by atoms with Gasteiger partial charge in [-0.15, -0.1) is 0 Å². The Labute approximate surface area is 149 Å². The third-order valence-corrected chi connectivity index (χ3v) is 8.33. The highest BCUT2D eigenvalue weighted by atomic mass is 31.3. The van der Waals surface area contributed by atoms with Gasteiger partial charge in [0.05, 0.1) is 12.2 Å². The summed E-state index contributed by atoms with van der Waals surface area (Å²) in [6.45, 7) is 5.74. The van der Waals surface area contributed by atoms with Crippen molar-refractivity contribution in [3.8, 4) is 0 Å². The van der Waals surface area contributed by atoms with Gasteiger partial charge in [-0.3, -0.25) is 4.52 Å². The molecule has 1 aliphatic heterocycles. The molecular weight excluding hydrogens is 421 g/mol. The van der Waals surface area contributed by atoms with Gasteiger partial charge in [0.25, 0.3) is 0 Å². The minimum atomic E-state index is -5.66. The van der Waals surface area contributed by atoms with Crippen LogP contribution in [0.2, 0.25) is 0 Å². The molecular formula is C10H23O13P3. The smallest absolute Gasteiger partial charge is 0.384 e. The topological polar surface area (TPSA) is 210 Å². The Hall–Kier alpha value is 0.290. The summed E-state index contributed by atoms with van der Waals surface area (Å²) < 4.78 is 50.9. The third-order valence-electron chi connectivity index (χ3n) is 4.55. The van der Waals surface area contributed by atoms with Crippen molar-refractivity contribution in [1.29, 1.82) is 0 Å². The molecule has 1 saturated heterocycles. The van der Waals surface area contributed by atoms with Gasteiger partial charge >= 0.3 is 23.5 Å². The first-order valence-electron chi connectivity index (χ1n) is 7.01. The van der Waals surface area contributed by atoms with Crippen LogP contribution in [-0.4, -0.2) is 58.8 Å². The van der Waals surface area contributed by atoms with Crippen molar-refractivity contribution >= 4 is 23.5 Å². The molecule has 3 unspecified atom stereocenters. The van der Waals surface area contributed by atoms with Gasteiger partial charge in [-0.2, -0.15) is 8.62 Å². The second-order valence-corrected chi connectivity index (χ2v) is 11.3. The Kier molecular flexibility index (Phi) is 6.24. The van der Waals surface area contributed by atoms with Crippen molar-refractivity contribution in [2.24, 2.45) is 0 Å². The van der Waals surface area contributed by atoms with E-state index < -0.39 is 52.5 Å². The number of ether oxygens (including phenoxy) is 1. The van der Waals surface area contributed by atoms with Crippen molar-refractivity contribution in [1.82, 2.24) is 0 Å². The standard InChI is InChI=1S/C10H23O13P3/c1-7(2)9(4,11)10(5,12)8(3,21-7)6-20-25(16,17)23-26(18,19)22-24(13,14)15/h11-12H,6H2,1-5H3,(H,16,17)(H,18,19)(H2,13,14,15)/t8-,9+,10?/m1/s1. The Morgan fingerprint density at radius 1 is 0.808 bits per heavy atom. The minimum absolute atomic E-state index is 0.900. The van der Waals surface area contributed by atoms with Crippen LogP contribution in [0, 0.1) is 0 Å². The molecule has 0 aliphatic carbocycles. The van der Waals surface area contributed by atoms with Gasteiger partial charge in [0.15, 0.2) is 0 Å². The van der Waals surface area contributed by atoms with E-state index >= 15 is 0 Å². The summed E-state index contributed by atoms with van der Waals surface area (Å²) in [6.07, 6.45) is 0. The van der Waals surface area contributed by atoms with E-state index in [0.29, 0.717) is 0 Å². The zero-order valence-corrected chi connectivity index (χ0v) is 17.3. The number of phosphoric ester groups is 1. The van der Waals surface area contributed by atoms with Crippen LogP contribution in [0.3, 0.4) is 0 Å². The molecule has 156 valence electrons. The summed E-state index contributed by atoms with van der Waals surface area (Å²) >= 11 is 0. The number of phosphoric acid groups is 3. The first-order chi connectivity index (χ1) is 11.1. The highest BCUT2D eigenvalue weighted by Crippen LogP contribution is 2.66. The summed E-state index contributed by atoms with van der Waals surface area (Å²) in [5, 5.41) is 21.2. The fourth-order valence-corrected chi connectivity index (χ4v) is 5.65. The fraction of sp³-hybridized carbons (Fsp3) is 1.00. The molecule has 0 spiro atoms. The molecule has 13 nitrogen and oxygen atoms in total. The van der Waals surface area contributed by atoms with Gasteiger partial charge < -0.3 is 34.5 Å². The quantitative estimate of drug-likeness (QED) is 0.294. The monoisotopic (exact) mass is 444 g/mol. The fourth-order valence-electron chi connectivity index (χ4n) is 2.54. The summed E-state index contributed by atoms with van der Waals surface area (Å²) in [4.78, 5) is 35.5. The van der Waals surface area contributed by atoms with E-state index in [2.05, 4.69) is 13.1 Å². The molecule has 1 heterocycles. The lowest BCUT2D eigenvalue weighted by molar-refractivity contribution is -0.160. The second-order valence-electron chi connectivity index (χ2n) is 6.85. The highest BCUT2D eigenvalue weighted by molar-refractivity contribution is 7.66. The molecule has 1 fully saturated rings. The summed E-state index contributed by atoms with van der Waals surface area (Å²) in [7, 11) is -16.6. The van der Waals surface area contributed by atoms with Gasteiger partial charge in [0, 0.05) is 0 Å². The molecule has 5 atom stereocenters. The van der Waals surface area contributed by atoms with Crippen molar-refractivity contribution in [2.75, 3.05) is 6.61 Å². The second kappa shape index (κ2) is 6.67. The van der Waals surface area contributed by atoms with Crippen LogP contribution < -0.4 is 0 Å². The van der Waals surface area contributed by atoms with E-state index in [0.717, 1.165) is 0 Å². The number of hydrogen-bond donors (Lipinski definition) is 6. The first-order valence-corrected chi connectivity index (χ1v) is 11.5. The van der Waals surface area contributed by atoms with E-state index in [-0.39, 0.29) is 0 Å². The van der Waals surface area contributed by atoms with Crippen LogP contribution in [0.15, 0.2) is 0 Å².